The second-order valence-corrected chi connectivity index (χ2v) is 10.5. The second-order valence-electron chi connectivity index (χ2n) is 4.97. The highest BCUT2D eigenvalue weighted by Crippen LogP contribution is 2.21. The summed E-state index contributed by atoms with van der Waals surface area (Å²) in [4.78, 5) is 0. The normalized spacial score (nSPS) is 14.4. The van der Waals surface area contributed by atoms with Crippen LogP contribution in [0.25, 0.3) is 0 Å². The third-order valence-electron chi connectivity index (χ3n) is 1.80. The quantitative estimate of drug-likeness (QED) is 0.517. The van der Waals surface area contributed by atoms with Crippen LogP contribution in [0.4, 0.5) is 0 Å². The van der Waals surface area contributed by atoms with Gasteiger partial charge in [-0.05, 0) is 19.3 Å². The van der Waals surface area contributed by atoms with Gasteiger partial charge in [-0.25, -0.2) is 0 Å². The number of aliphatic hydroxyl groups is 1. The number of hydrogen-bond donors (Lipinski definition) is 1. The molecule has 0 spiro atoms. The predicted octanol–water partition coefficient (Wildman–Crippen LogP) is 2.90. The van der Waals surface area contributed by atoms with E-state index in [1.807, 2.05) is 6.92 Å². The van der Waals surface area contributed by atoms with E-state index in [1.54, 1.807) is 0 Å². The van der Waals surface area contributed by atoms with Gasteiger partial charge in [0.1, 0.15) is 0 Å². The molecule has 0 radical (unpaired) electrons. The van der Waals surface area contributed by atoms with Gasteiger partial charge in [-0.3, -0.25) is 0 Å². The van der Waals surface area contributed by atoms with E-state index in [2.05, 4.69) is 26.2 Å². The topological polar surface area (TPSA) is 20.2 Å². The summed E-state index contributed by atoms with van der Waals surface area (Å²) in [6.07, 6.45) is 0.987. The van der Waals surface area contributed by atoms with Gasteiger partial charge >= 0.3 is 0 Å². The Kier molecular flexibility index (Phi) is 4.79. The summed E-state index contributed by atoms with van der Waals surface area (Å²) >= 11 is 0. The fourth-order valence-corrected chi connectivity index (χ4v) is 3.57. The minimum atomic E-state index is -1.01. The van der Waals surface area contributed by atoms with Crippen molar-refractivity contribution in [2.45, 2.75) is 39.0 Å². The Balaban J connectivity index is 3.92. The van der Waals surface area contributed by atoms with Crippen LogP contribution in [0.15, 0.2) is 12.2 Å². The number of aliphatic hydroxyl groups excluding tert-OH is 1. The summed E-state index contributed by atoms with van der Waals surface area (Å²) in [5, 5.41) is 9.12. The van der Waals surface area contributed by atoms with E-state index in [-0.39, 0.29) is 0 Å². The fraction of sp³-hybridized carbons (Fsp3) is 0.800. The van der Waals surface area contributed by atoms with Crippen LogP contribution in [0.3, 0.4) is 0 Å². The Morgan fingerprint density at radius 2 is 1.92 bits per heavy atom. The molecule has 0 aliphatic carbocycles. The zero-order valence-corrected chi connectivity index (χ0v) is 9.85. The molecular formula is C10H22OSi. The molecule has 72 valence electrons. The Hall–Kier alpha value is -0.0831. The molecular weight excluding hydrogens is 164 g/mol. The Bertz CT molecular complexity index is 146. The lowest BCUT2D eigenvalue weighted by molar-refractivity contribution is 0.236. The molecule has 1 nitrogen and oxygen atoms in total. The molecule has 0 amide bonds. The highest BCUT2D eigenvalue weighted by Gasteiger charge is 2.19. The van der Waals surface area contributed by atoms with Crippen LogP contribution < -0.4 is 0 Å². The molecule has 2 heteroatoms. The van der Waals surface area contributed by atoms with E-state index in [9.17, 15) is 0 Å². The molecule has 1 N–H and O–H groups in total. The standard InChI is InChI=1S/C10H22OSi/c1-9(2)6-10(7-11)8-12(3,4)5/h10-11H,1,6-8H2,2-5H3. The molecule has 0 saturated heterocycles. The van der Waals surface area contributed by atoms with Gasteiger partial charge in [0.15, 0.2) is 0 Å². The summed E-state index contributed by atoms with van der Waals surface area (Å²) in [5.41, 5.74) is 1.19. The molecule has 0 rings (SSSR count). The maximum Gasteiger partial charge on any atom is 0.0459 e. The van der Waals surface area contributed by atoms with E-state index in [0.717, 1.165) is 6.42 Å². The molecule has 0 aromatic carbocycles. The van der Waals surface area contributed by atoms with Crippen LogP contribution in [0.5, 0.6) is 0 Å². The summed E-state index contributed by atoms with van der Waals surface area (Å²) in [6, 6.07) is 1.20. The smallest absolute Gasteiger partial charge is 0.0459 e. The first kappa shape index (κ1) is 11.9. The minimum Gasteiger partial charge on any atom is -0.396 e. The first-order chi connectivity index (χ1) is 5.35. The van der Waals surface area contributed by atoms with E-state index < -0.39 is 8.07 Å². The molecule has 1 unspecified atom stereocenters. The zero-order chi connectivity index (χ0) is 9.78. The van der Waals surface area contributed by atoms with Crippen molar-refractivity contribution in [2.75, 3.05) is 6.61 Å². The van der Waals surface area contributed by atoms with Crippen LogP contribution in [0.1, 0.15) is 13.3 Å². The maximum atomic E-state index is 9.12. The first-order valence-electron chi connectivity index (χ1n) is 4.60. The predicted molar refractivity (Wildman–Crippen MR) is 58.2 cm³/mol. The molecule has 0 aliphatic heterocycles. The van der Waals surface area contributed by atoms with Crippen molar-refractivity contribution >= 4 is 8.07 Å². The van der Waals surface area contributed by atoms with Gasteiger partial charge in [-0.2, -0.15) is 0 Å². The van der Waals surface area contributed by atoms with E-state index in [4.69, 9.17) is 5.11 Å². The first-order valence-corrected chi connectivity index (χ1v) is 8.31. The lowest BCUT2D eigenvalue weighted by Gasteiger charge is -2.22. The average Bonchev–Trinajstić information content (AvgIpc) is 1.82. The number of rotatable bonds is 5. The monoisotopic (exact) mass is 186 g/mol. The van der Waals surface area contributed by atoms with Crippen LogP contribution in [-0.4, -0.2) is 19.8 Å². The lowest BCUT2D eigenvalue weighted by atomic mass is 10.0. The SMILES string of the molecule is C=C(C)CC(CO)C[Si](C)(C)C. The van der Waals surface area contributed by atoms with Gasteiger partial charge in [0, 0.05) is 14.7 Å². The Morgan fingerprint density at radius 3 is 2.17 bits per heavy atom. The van der Waals surface area contributed by atoms with Crippen molar-refractivity contribution in [2.24, 2.45) is 5.92 Å². The minimum absolute atomic E-state index is 0.317. The van der Waals surface area contributed by atoms with Crippen LogP contribution in [-0.2, 0) is 0 Å². The third-order valence-corrected chi connectivity index (χ3v) is 3.60. The third kappa shape index (κ3) is 6.62. The maximum absolute atomic E-state index is 9.12. The summed E-state index contributed by atoms with van der Waals surface area (Å²) < 4.78 is 0. The molecule has 0 heterocycles. The van der Waals surface area contributed by atoms with Crippen molar-refractivity contribution in [3.63, 3.8) is 0 Å². The summed E-state index contributed by atoms with van der Waals surface area (Å²) in [7, 11) is -1.01. The van der Waals surface area contributed by atoms with E-state index in [1.165, 1.54) is 11.6 Å². The van der Waals surface area contributed by atoms with Gasteiger partial charge in [-0.1, -0.05) is 31.3 Å². The highest BCUT2D eigenvalue weighted by atomic mass is 28.3. The molecule has 12 heavy (non-hydrogen) atoms. The van der Waals surface area contributed by atoms with Gasteiger partial charge in [-0.15, -0.1) is 6.58 Å². The van der Waals surface area contributed by atoms with Crippen LogP contribution in [0.2, 0.25) is 25.7 Å². The number of hydrogen-bond acceptors (Lipinski definition) is 1. The van der Waals surface area contributed by atoms with Crippen LogP contribution in [0, 0.1) is 5.92 Å². The molecule has 0 saturated carbocycles. The summed E-state index contributed by atoms with van der Waals surface area (Å²) in [5.74, 6) is 0.453. The van der Waals surface area contributed by atoms with Crippen molar-refractivity contribution in [1.29, 1.82) is 0 Å². The molecule has 0 fully saturated rings. The van der Waals surface area contributed by atoms with Crippen molar-refractivity contribution in [3.05, 3.63) is 12.2 Å². The average molecular weight is 186 g/mol. The molecule has 0 aromatic rings. The Labute approximate surface area is 77.5 Å². The van der Waals surface area contributed by atoms with Gasteiger partial charge < -0.3 is 5.11 Å². The number of allylic oxidation sites excluding steroid dienone is 1. The van der Waals surface area contributed by atoms with Crippen molar-refractivity contribution in [1.82, 2.24) is 0 Å². The molecule has 0 aromatic heterocycles. The largest absolute Gasteiger partial charge is 0.396 e. The zero-order valence-electron chi connectivity index (χ0n) is 8.85. The molecule has 0 bridgehead atoms. The van der Waals surface area contributed by atoms with E-state index in [0.29, 0.717) is 12.5 Å². The fourth-order valence-electron chi connectivity index (χ4n) is 1.56. The highest BCUT2D eigenvalue weighted by molar-refractivity contribution is 6.76. The van der Waals surface area contributed by atoms with Crippen LogP contribution >= 0.6 is 0 Å². The Morgan fingerprint density at radius 1 is 1.42 bits per heavy atom. The second kappa shape index (κ2) is 4.82. The van der Waals surface area contributed by atoms with E-state index >= 15 is 0 Å². The van der Waals surface area contributed by atoms with Gasteiger partial charge in [0.2, 0.25) is 0 Å². The van der Waals surface area contributed by atoms with Crippen molar-refractivity contribution in [3.8, 4) is 0 Å². The molecule has 0 aliphatic rings. The summed E-state index contributed by atoms with van der Waals surface area (Å²) in [6.45, 7) is 13.3. The molecule has 1 atom stereocenters. The lowest BCUT2D eigenvalue weighted by Crippen LogP contribution is -2.25. The van der Waals surface area contributed by atoms with Gasteiger partial charge in [0.05, 0.1) is 0 Å². The van der Waals surface area contributed by atoms with Crippen molar-refractivity contribution < 1.29 is 5.11 Å². The van der Waals surface area contributed by atoms with Gasteiger partial charge in [0.25, 0.3) is 0 Å².